The van der Waals surface area contributed by atoms with Crippen LogP contribution in [0.4, 0.5) is 0 Å². The maximum atomic E-state index is 10.7. The van der Waals surface area contributed by atoms with Gasteiger partial charge in [0.15, 0.2) is 6.29 Å². The summed E-state index contributed by atoms with van der Waals surface area (Å²) in [4.78, 5) is 12.6. The smallest absolute Gasteiger partial charge is 0.160 e. The summed E-state index contributed by atoms with van der Waals surface area (Å²) in [7, 11) is 2.04. The molecule has 0 aliphatic heterocycles. The highest BCUT2D eigenvalue weighted by Gasteiger charge is 2.09. The van der Waals surface area contributed by atoms with Crippen molar-refractivity contribution in [2.45, 2.75) is 0 Å². The highest BCUT2D eigenvalue weighted by atomic mass is 32.1. The Kier molecular flexibility index (Phi) is 2.34. The van der Waals surface area contributed by atoms with Gasteiger partial charge in [0.1, 0.15) is 0 Å². The van der Waals surface area contributed by atoms with Crippen LogP contribution in [-0.2, 0) is 7.05 Å². The molecule has 2 nitrogen and oxygen atoms in total. The number of rotatable bonds is 2. The molecule has 0 spiro atoms. The topological polar surface area (TPSA) is 22.0 Å². The van der Waals surface area contributed by atoms with Crippen molar-refractivity contribution >= 4 is 28.5 Å². The van der Waals surface area contributed by atoms with E-state index >= 15 is 0 Å². The van der Waals surface area contributed by atoms with E-state index < -0.39 is 0 Å². The minimum Gasteiger partial charge on any atom is -0.350 e. The molecule has 0 aliphatic carbocycles. The molecule has 0 N–H and O–H groups in total. The second-order valence-electron chi connectivity index (χ2n) is 3.99. The van der Waals surface area contributed by atoms with Crippen LogP contribution in [0.5, 0.6) is 0 Å². The number of carbonyl (C=O) groups excluding carboxylic acids is 1. The lowest BCUT2D eigenvalue weighted by Gasteiger charge is -1.94. The molecule has 1 aromatic carbocycles. The van der Waals surface area contributed by atoms with E-state index in [0.717, 1.165) is 16.0 Å². The van der Waals surface area contributed by atoms with E-state index in [0.29, 0.717) is 0 Å². The average molecular weight is 241 g/mol. The minimum absolute atomic E-state index is 0.771. The molecule has 0 saturated carbocycles. The number of nitrogens with zero attached hydrogens (tertiary/aromatic N) is 1. The molecule has 0 fully saturated rings. The summed E-state index contributed by atoms with van der Waals surface area (Å²) >= 11 is 1.53. The first-order valence-electron chi connectivity index (χ1n) is 5.39. The molecule has 17 heavy (non-hydrogen) atoms. The van der Waals surface area contributed by atoms with E-state index in [1.807, 2.05) is 31.3 Å². The molecule has 0 bridgehead atoms. The summed E-state index contributed by atoms with van der Waals surface area (Å²) in [6.45, 7) is 0. The van der Waals surface area contributed by atoms with Gasteiger partial charge in [0.05, 0.1) is 4.88 Å². The van der Waals surface area contributed by atoms with E-state index in [-0.39, 0.29) is 0 Å². The van der Waals surface area contributed by atoms with Crippen LogP contribution >= 0.6 is 11.3 Å². The van der Waals surface area contributed by atoms with Crippen molar-refractivity contribution in [2.75, 3.05) is 0 Å². The number of hydrogen-bond acceptors (Lipinski definition) is 2. The van der Waals surface area contributed by atoms with Crippen LogP contribution in [0.2, 0.25) is 0 Å². The molecule has 0 unspecified atom stereocenters. The van der Waals surface area contributed by atoms with Gasteiger partial charge in [-0.2, -0.15) is 0 Å². The number of hydrogen-bond donors (Lipinski definition) is 0. The number of aryl methyl sites for hydroxylation is 1. The van der Waals surface area contributed by atoms with Crippen LogP contribution in [0.25, 0.3) is 21.3 Å². The Labute approximate surface area is 103 Å². The van der Waals surface area contributed by atoms with Crippen LogP contribution < -0.4 is 0 Å². The predicted molar refractivity (Wildman–Crippen MR) is 71.6 cm³/mol. The van der Waals surface area contributed by atoms with Crippen molar-refractivity contribution in [1.82, 2.24) is 4.57 Å². The first-order valence-corrected chi connectivity index (χ1v) is 6.20. The summed E-state index contributed by atoms with van der Waals surface area (Å²) in [5.41, 5.74) is 2.41. The molecular weight excluding hydrogens is 230 g/mol. The maximum Gasteiger partial charge on any atom is 0.160 e. The summed E-state index contributed by atoms with van der Waals surface area (Å²) in [5, 5.41) is 1.23. The van der Waals surface area contributed by atoms with Gasteiger partial charge in [-0.05, 0) is 18.2 Å². The monoisotopic (exact) mass is 241 g/mol. The molecule has 2 heterocycles. The van der Waals surface area contributed by atoms with Gasteiger partial charge in [-0.25, -0.2) is 0 Å². The normalized spacial score (nSPS) is 10.9. The molecule has 2 aromatic heterocycles. The maximum absolute atomic E-state index is 10.7. The molecule has 0 saturated heterocycles. The Morgan fingerprint density at radius 3 is 2.76 bits per heavy atom. The van der Waals surface area contributed by atoms with E-state index in [9.17, 15) is 4.79 Å². The number of fused-ring (bicyclic) bond motifs is 1. The van der Waals surface area contributed by atoms with E-state index in [1.165, 1.54) is 27.8 Å². The summed E-state index contributed by atoms with van der Waals surface area (Å²) < 4.78 is 2.12. The highest BCUT2D eigenvalue weighted by Crippen LogP contribution is 2.34. The summed E-state index contributed by atoms with van der Waals surface area (Å²) in [5.74, 6) is 0. The first-order chi connectivity index (χ1) is 8.29. The zero-order chi connectivity index (χ0) is 11.8. The van der Waals surface area contributed by atoms with Gasteiger partial charge in [-0.3, -0.25) is 4.79 Å². The molecule has 0 radical (unpaired) electrons. The van der Waals surface area contributed by atoms with Crippen molar-refractivity contribution in [3.8, 4) is 10.4 Å². The summed E-state index contributed by atoms with van der Waals surface area (Å²) in [6, 6.07) is 12.2. The third-order valence-corrected chi connectivity index (χ3v) is 3.95. The van der Waals surface area contributed by atoms with Crippen LogP contribution in [0, 0.1) is 0 Å². The largest absolute Gasteiger partial charge is 0.350 e. The van der Waals surface area contributed by atoms with Crippen LogP contribution in [-0.4, -0.2) is 10.9 Å². The fraction of sp³-hybridized carbons (Fsp3) is 0.0714. The molecule has 84 valence electrons. The lowest BCUT2D eigenvalue weighted by atomic mass is 10.1. The fourth-order valence-electron chi connectivity index (χ4n) is 2.10. The van der Waals surface area contributed by atoms with Gasteiger partial charge in [-0.15, -0.1) is 11.3 Å². The van der Waals surface area contributed by atoms with Crippen LogP contribution in [0.3, 0.4) is 0 Å². The van der Waals surface area contributed by atoms with Crippen molar-refractivity contribution < 1.29 is 4.79 Å². The molecule has 0 amide bonds. The van der Waals surface area contributed by atoms with E-state index in [2.05, 4.69) is 22.9 Å². The number of carbonyl (C=O) groups is 1. The molecule has 3 rings (SSSR count). The SMILES string of the molecule is Cn1cc(-c2ccc(C=O)s2)c2ccccc21. The molecular formula is C14H11NOS. The number of benzene rings is 1. The van der Waals surface area contributed by atoms with Gasteiger partial charge in [0.2, 0.25) is 0 Å². The first kappa shape index (κ1) is 10.3. The molecule has 3 heteroatoms. The third kappa shape index (κ3) is 1.59. The van der Waals surface area contributed by atoms with Crippen molar-refractivity contribution in [2.24, 2.45) is 7.05 Å². The number of para-hydroxylation sites is 1. The minimum atomic E-state index is 0.771. The molecule has 3 aromatic rings. The summed E-state index contributed by atoms with van der Waals surface area (Å²) in [6.07, 6.45) is 3.02. The Hall–Kier alpha value is -1.87. The average Bonchev–Trinajstić information content (AvgIpc) is 2.95. The third-order valence-electron chi connectivity index (χ3n) is 2.91. The van der Waals surface area contributed by atoms with Gasteiger partial charge >= 0.3 is 0 Å². The number of aromatic nitrogens is 1. The standard InChI is InChI=1S/C14H11NOS/c1-15-8-12(11-4-2-3-5-13(11)15)14-7-6-10(9-16)17-14/h2-9H,1H3. The van der Waals surface area contributed by atoms with Gasteiger partial charge in [0.25, 0.3) is 0 Å². The molecule has 0 atom stereocenters. The van der Waals surface area contributed by atoms with Gasteiger partial charge in [0, 0.05) is 34.6 Å². The lowest BCUT2D eigenvalue weighted by Crippen LogP contribution is -1.81. The zero-order valence-electron chi connectivity index (χ0n) is 9.38. The van der Waals surface area contributed by atoms with E-state index in [4.69, 9.17) is 0 Å². The van der Waals surface area contributed by atoms with Crippen LogP contribution in [0.15, 0.2) is 42.6 Å². The Morgan fingerprint density at radius 1 is 1.18 bits per heavy atom. The quantitative estimate of drug-likeness (QED) is 0.627. The Morgan fingerprint density at radius 2 is 2.00 bits per heavy atom. The second-order valence-corrected chi connectivity index (χ2v) is 5.11. The second kappa shape index (κ2) is 3.86. The number of aldehydes is 1. The Balaban J connectivity index is 2.26. The van der Waals surface area contributed by atoms with Gasteiger partial charge < -0.3 is 4.57 Å². The van der Waals surface area contributed by atoms with Crippen LogP contribution in [0.1, 0.15) is 9.67 Å². The van der Waals surface area contributed by atoms with Crippen molar-refractivity contribution in [3.63, 3.8) is 0 Å². The van der Waals surface area contributed by atoms with Crippen molar-refractivity contribution in [1.29, 1.82) is 0 Å². The Bertz CT molecular complexity index is 693. The van der Waals surface area contributed by atoms with Gasteiger partial charge in [-0.1, -0.05) is 18.2 Å². The zero-order valence-corrected chi connectivity index (χ0v) is 10.2. The number of thiophene rings is 1. The molecule has 0 aliphatic rings. The highest BCUT2D eigenvalue weighted by molar-refractivity contribution is 7.17. The predicted octanol–water partition coefficient (Wildman–Crippen LogP) is 3.72. The van der Waals surface area contributed by atoms with Crippen molar-refractivity contribution in [3.05, 3.63) is 47.5 Å². The van der Waals surface area contributed by atoms with E-state index in [1.54, 1.807) is 0 Å². The fourth-order valence-corrected chi connectivity index (χ4v) is 2.95. The lowest BCUT2D eigenvalue weighted by molar-refractivity contribution is 0.112.